The first kappa shape index (κ1) is 44.3. The maximum absolute atomic E-state index is 13.4. The summed E-state index contributed by atoms with van der Waals surface area (Å²) in [6, 6.07) is 23.3. The van der Waals surface area contributed by atoms with Gasteiger partial charge in [-0.2, -0.15) is 4.98 Å². The number of hydrogen-bond donors (Lipinski definition) is 3. The van der Waals surface area contributed by atoms with Gasteiger partial charge in [0.1, 0.15) is 35.5 Å². The Labute approximate surface area is 384 Å². The Morgan fingerprint density at radius 1 is 0.862 bits per heavy atom. The van der Waals surface area contributed by atoms with Crippen molar-refractivity contribution >= 4 is 70.6 Å². The number of nitrogens with one attached hydrogen (secondary N) is 3. The number of aryl methyl sites for hydroxylation is 1. The van der Waals surface area contributed by atoms with Gasteiger partial charge in [0.15, 0.2) is 5.82 Å². The van der Waals surface area contributed by atoms with Crippen molar-refractivity contribution in [2.75, 3.05) is 62.2 Å². The molecule has 3 N–H and O–H groups in total. The number of nitrogens with zero attached hydrogens (tertiary/aromatic N) is 5. The Bertz CT molecular complexity index is 2720. The lowest BCUT2D eigenvalue weighted by Crippen LogP contribution is -2.52. The molecular weight excluding hydrogens is 863 g/mol. The predicted octanol–water partition coefficient (Wildman–Crippen LogP) is 8.06. The van der Waals surface area contributed by atoms with Crippen molar-refractivity contribution in [2.45, 2.75) is 70.5 Å². The topological polar surface area (TPSA) is 158 Å². The van der Waals surface area contributed by atoms with Gasteiger partial charge in [-0.3, -0.25) is 24.6 Å². The zero-order valence-corrected chi connectivity index (χ0v) is 38.8. The van der Waals surface area contributed by atoms with Crippen molar-refractivity contribution < 1.29 is 28.4 Å². The number of para-hydroxylation sites is 1. The average molecular weight is 917 g/mol. The van der Waals surface area contributed by atoms with E-state index in [9.17, 15) is 18.9 Å². The van der Waals surface area contributed by atoms with E-state index >= 15 is 0 Å². The summed E-state index contributed by atoms with van der Waals surface area (Å²) in [6.45, 7) is 9.70. The van der Waals surface area contributed by atoms with Crippen LogP contribution in [0.1, 0.15) is 65.2 Å². The van der Waals surface area contributed by atoms with Crippen LogP contribution in [0.2, 0.25) is 5.02 Å². The maximum Gasteiger partial charge on any atom is 0.255 e. The molecule has 0 bridgehead atoms. The zero-order valence-electron chi connectivity index (χ0n) is 37.2. The van der Waals surface area contributed by atoms with Gasteiger partial charge >= 0.3 is 0 Å². The Balaban J connectivity index is 0.827. The molecule has 1 aromatic heterocycles. The van der Waals surface area contributed by atoms with Crippen LogP contribution in [0.5, 0.6) is 17.2 Å². The SMILES string of the molecule is CCc1cc(Nc2ncc(Cl)c(Nc3ccccc3P(C)(C)=O)n2)c(OC)cc1N1CCC(N2CCc3ccc(Oc4cccc5c4CN(C4CCC(=O)NC4=O)C5=O)cc3CC2)CC1. The number of carbonyl (C=O) groups excluding carboxylic acids is 3. The van der Waals surface area contributed by atoms with E-state index in [4.69, 9.17) is 26.1 Å². The molecule has 0 radical (unpaired) electrons. The van der Waals surface area contributed by atoms with Gasteiger partial charge in [0, 0.05) is 66.8 Å². The number of imide groups is 1. The van der Waals surface area contributed by atoms with Crippen LogP contribution < -0.4 is 35.6 Å². The van der Waals surface area contributed by atoms with Crippen LogP contribution in [0.15, 0.2) is 79.0 Å². The second kappa shape index (κ2) is 18.5. The molecule has 3 amide bonds. The van der Waals surface area contributed by atoms with Crippen molar-refractivity contribution in [3.63, 3.8) is 0 Å². The first-order valence-electron chi connectivity index (χ1n) is 22.3. The molecule has 1 atom stereocenters. The minimum absolute atomic E-state index is 0.210. The molecule has 1 unspecified atom stereocenters. The molecule has 0 saturated carbocycles. The smallest absolute Gasteiger partial charge is 0.255 e. The average Bonchev–Trinajstić information content (AvgIpc) is 3.48. The van der Waals surface area contributed by atoms with Gasteiger partial charge in [-0.15, -0.1) is 0 Å². The molecule has 4 aliphatic rings. The third kappa shape index (κ3) is 9.30. The van der Waals surface area contributed by atoms with E-state index in [1.54, 1.807) is 37.6 Å². The summed E-state index contributed by atoms with van der Waals surface area (Å²) in [4.78, 5) is 53.6. The summed E-state index contributed by atoms with van der Waals surface area (Å²) < 4.78 is 25.4. The number of hydrogen-bond acceptors (Lipinski definition) is 12. The van der Waals surface area contributed by atoms with Crippen LogP contribution in [-0.4, -0.2) is 96.2 Å². The van der Waals surface area contributed by atoms with Gasteiger partial charge < -0.3 is 34.5 Å². The highest BCUT2D eigenvalue weighted by Crippen LogP contribution is 2.41. The zero-order chi connectivity index (χ0) is 45.4. The van der Waals surface area contributed by atoms with E-state index in [0.717, 1.165) is 75.3 Å². The molecule has 4 aromatic carbocycles. The van der Waals surface area contributed by atoms with E-state index in [2.05, 4.69) is 61.9 Å². The number of methoxy groups -OCH3 is 1. The Hall–Kier alpha value is -5.95. The minimum atomic E-state index is -2.57. The second-order valence-electron chi connectivity index (χ2n) is 17.5. The first-order chi connectivity index (χ1) is 31.4. The van der Waals surface area contributed by atoms with Crippen LogP contribution in [-0.2, 0) is 40.0 Å². The van der Waals surface area contributed by atoms with Crippen LogP contribution in [0.25, 0.3) is 0 Å². The Morgan fingerprint density at radius 2 is 1.65 bits per heavy atom. The fourth-order valence-electron chi connectivity index (χ4n) is 9.67. The molecule has 9 rings (SSSR count). The standard InChI is InChI=1S/C49H54ClN8O6P/c1-5-30-26-39(53-49-51-28-37(50)46(55-49)52-38-10-6-7-12-44(38)65(3,4)62)43(63-2)27-41(30)57-23-19-33(20-24-57)56-21-17-31-13-14-34(25-32(31)18-22-56)64-42-11-8-9-35-36(42)29-58(48(35)61)40-15-16-45(59)54-47(40)60/h6-14,25-28,33,40H,5,15-24,29H2,1-4H3,(H,54,59,60)(H2,51,52,53,55). The highest BCUT2D eigenvalue weighted by molar-refractivity contribution is 7.70. The summed E-state index contributed by atoms with van der Waals surface area (Å²) >= 11 is 6.55. The van der Waals surface area contributed by atoms with Crippen molar-refractivity contribution in [2.24, 2.45) is 0 Å². The lowest BCUT2D eigenvalue weighted by Gasteiger charge is -2.40. The number of rotatable bonds is 12. The van der Waals surface area contributed by atoms with Gasteiger partial charge in [0.2, 0.25) is 17.8 Å². The molecule has 338 valence electrons. The molecule has 0 aliphatic carbocycles. The maximum atomic E-state index is 13.4. The number of piperidine rings is 2. The molecule has 0 spiro atoms. The van der Waals surface area contributed by atoms with Gasteiger partial charge in [0.25, 0.3) is 5.91 Å². The number of aromatic nitrogens is 2. The van der Waals surface area contributed by atoms with Gasteiger partial charge in [-0.05, 0) is 111 Å². The molecule has 14 nitrogen and oxygen atoms in total. The fourth-order valence-corrected chi connectivity index (χ4v) is 11.0. The van der Waals surface area contributed by atoms with Crippen molar-refractivity contribution in [1.82, 2.24) is 25.1 Å². The number of ether oxygens (including phenoxy) is 2. The number of fused-ring (bicyclic) bond motifs is 2. The Morgan fingerprint density at radius 3 is 2.40 bits per heavy atom. The number of amides is 3. The van der Waals surface area contributed by atoms with Gasteiger partial charge in [0.05, 0.1) is 31.2 Å². The van der Waals surface area contributed by atoms with E-state index in [-0.39, 0.29) is 24.8 Å². The second-order valence-corrected chi connectivity index (χ2v) is 21.1. The highest BCUT2D eigenvalue weighted by Gasteiger charge is 2.40. The molecule has 4 aliphatic heterocycles. The van der Waals surface area contributed by atoms with Crippen molar-refractivity contribution in [3.05, 3.63) is 112 Å². The number of benzene rings is 4. The molecule has 2 fully saturated rings. The van der Waals surface area contributed by atoms with E-state index in [0.29, 0.717) is 57.3 Å². The fraction of sp³-hybridized carbons (Fsp3) is 0.367. The number of carbonyl (C=O) groups is 3. The summed E-state index contributed by atoms with van der Waals surface area (Å²) in [5.74, 6) is 1.81. The first-order valence-corrected chi connectivity index (χ1v) is 25.3. The molecule has 5 aromatic rings. The van der Waals surface area contributed by atoms with E-state index in [1.807, 2.05) is 42.5 Å². The van der Waals surface area contributed by atoms with Crippen LogP contribution >= 0.6 is 18.7 Å². The third-order valence-electron chi connectivity index (χ3n) is 13.1. The summed E-state index contributed by atoms with van der Waals surface area (Å²) in [7, 11) is -0.897. The van der Waals surface area contributed by atoms with Gasteiger partial charge in [-0.1, -0.05) is 42.8 Å². The monoisotopic (exact) mass is 916 g/mol. The van der Waals surface area contributed by atoms with Crippen LogP contribution in [0.3, 0.4) is 0 Å². The quantitative estimate of drug-likeness (QED) is 0.0818. The van der Waals surface area contributed by atoms with Crippen LogP contribution in [0, 0.1) is 0 Å². The van der Waals surface area contributed by atoms with Crippen molar-refractivity contribution in [1.29, 1.82) is 0 Å². The third-order valence-corrected chi connectivity index (χ3v) is 14.9. The Kier molecular flexibility index (Phi) is 12.6. The highest BCUT2D eigenvalue weighted by atomic mass is 35.5. The molecule has 65 heavy (non-hydrogen) atoms. The molecule has 16 heteroatoms. The van der Waals surface area contributed by atoms with Crippen LogP contribution in [0.4, 0.5) is 28.8 Å². The lowest BCUT2D eigenvalue weighted by atomic mass is 9.99. The predicted molar refractivity (Wildman–Crippen MR) is 255 cm³/mol. The normalized spacial score (nSPS) is 18.2. The lowest BCUT2D eigenvalue weighted by molar-refractivity contribution is -0.136. The molecular formula is C49H54ClN8O6P. The van der Waals surface area contributed by atoms with Gasteiger partial charge in [-0.25, -0.2) is 4.98 Å². The number of halogens is 1. The minimum Gasteiger partial charge on any atom is -0.494 e. The van der Waals surface area contributed by atoms with E-state index in [1.165, 1.54) is 22.4 Å². The van der Waals surface area contributed by atoms with E-state index < -0.39 is 19.1 Å². The largest absolute Gasteiger partial charge is 0.494 e. The summed E-state index contributed by atoms with van der Waals surface area (Å²) in [5.41, 5.74) is 7.68. The summed E-state index contributed by atoms with van der Waals surface area (Å²) in [5, 5.41) is 10.1. The molecule has 5 heterocycles. The molecule has 2 saturated heterocycles. The van der Waals surface area contributed by atoms with Crippen molar-refractivity contribution in [3.8, 4) is 17.2 Å². The number of anilines is 5. The summed E-state index contributed by atoms with van der Waals surface area (Å²) in [6.07, 6.45) is 6.86.